The summed E-state index contributed by atoms with van der Waals surface area (Å²) < 4.78 is 5.93. The first-order chi connectivity index (χ1) is 10.8. The largest absolute Gasteiger partial charge is 0.492 e. The summed E-state index contributed by atoms with van der Waals surface area (Å²) in [6.45, 7) is 7.55. The van der Waals surface area contributed by atoms with E-state index in [4.69, 9.17) is 10.5 Å². The minimum absolute atomic E-state index is 0.400. The zero-order chi connectivity index (χ0) is 15.2. The molecule has 3 rings (SSSR count). The van der Waals surface area contributed by atoms with Gasteiger partial charge in [-0.2, -0.15) is 0 Å². The predicted octanol–water partition coefficient (Wildman–Crippen LogP) is 2.08. The van der Waals surface area contributed by atoms with Gasteiger partial charge >= 0.3 is 0 Å². The molecule has 0 aliphatic carbocycles. The van der Waals surface area contributed by atoms with E-state index in [2.05, 4.69) is 34.1 Å². The predicted molar refractivity (Wildman–Crippen MR) is 90.1 cm³/mol. The molecule has 2 fully saturated rings. The van der Waals surface area contributed by atoms with Crippen molar-refractivity contribution in [2.24, 2.45) is 5.73 Å². The van der Waals surface area contributed by atoms with Gasteiger partial charge in [-0.15, -0.1) is 0 Å². The maximum Gasteiger partial charge on any atom is 0.119 e. The van der Waals surface area contributed by atoms with Gasteiger partial charge in [-0.3, -0.25) is 9.80 Å². The molecule has 0 atom stereocenters. The van der Waals surface area contributed by atoms with Crippen LogP contribution in [0.3, 0.4) is 0 Å². The van der Waals surface area contributed by atoms with E-state index in [1.165, 1.54) is 31.5 Å². The molecule has 2 saturated heterocycles. The van der Waals surface area contributed by atoms with Crippen LogP contribution in [0.1, 0.15) is 31.2 Å². The third kappa shape index (κ3) is 4.70. The minimum atomic E-state index is 0.400. The van der Waals surface area contributed by atoms with Crippen LogP contribution in [0.4, 0.5) is 0 Å². The second-order valence-electron chi connectivity index (χ2n) is 6.66. The molecule has 0 unspecified atom stereocenters. The van der Waals surface area contributed by atoms with Gasteiger partial charge in [-0.05, 0) is 69.6 Å². The summed E-state index contributed by atoms with van der Waals surface area (Å²) in [5.41, 5.74) is 7.31. The van der Waals surface area contributed by atoms with E-state index in [0.717, 1.165) is 51.4 Å². The first-order valence-electron chi connectivity index (χ1n) is 8.71. The lowest BCUT2D eigenvalue weighted by atomic mass is 10.1. The fraction of sp³-hybridized carbons (Fsp3) is 0.667. The Morgan fingerprint density at radius 3 is 2.59 bits per heavy atom. The van der Waals surface area contributed by atoms with Crippen LogP contribution >= 0.6 is 0 Å². The highest BCUT2D eigenvalue weighted by Crippen LogP contribution is 2.17. The molecule has 0 aromatic heterocycles. The molecule has 0 amide bonds. The van der Waals surface area contributed by atoms with Gasteiger partial charge in [-0.1, -0.05) is 12.1 Å². The molecule has 22 heavy (non-hydrogen) atoms. The van der Waals surface area contributed by atoms with Crippen LogP contribution in [0.15, 0.2) is 24.3 Å². The Morgan fingerprint density at radius 2 is 1.82 bits per heavy atom. The number of rotatable bonds is 6. The number of nitrogens with zero attached hydrogens (tertiary/aromatic N) is 2. The normalized spacial score (nSPS) is 21.3. The summed E-state index contributed by atoms with van der Waals surface area (Å²) in [6.07, 6.45) is 4.92. The molecule has 1 aromatic carbocycles. The van der Waals surface area contributed by atoms with E-state index >= 15 is 0 Å². The van der Waals surface area contributed by atoms with Crippen LogP contribution in [0.25, 0.3) is 0 Å². The van der Waals surface area contributed by atoms with Gasteiger partial charge in [0.25, 0.3) is 0 Å². The van der Waals surface area contributed by atoms with Gasteiger partial charge in [0.1, 0.15) is 12.4 Å². The standard InChI is InChI=1S/C18H29N3O/c19-17-6-10-21(11-7-17)15-16-4-3-5-18(14-16)22-13-12-20-8-1-2-9-20/h3-5,14,17H,1-2,6-13,15,19H2. The summed E-state index contributed by atoms with van der Waals surface area (Å²) in [7, 11) is 0. The fourth-order valence-electron chi connectivity index (χ4n) is 3.40. The molecule has 122 valence electrons. The van der Waals surface area contributed by atoms with Crippen molar-refractivity contribution in [2.45, 2.75) is 38.3 Å². The molecule has 1 aromatic rings. The molecule has 0 radical (unpaired) electrons. The molecule has 2 N–H and O–H groups in total. The van der Waals surface area contributed by atoms with Crippen LogP contribution in [-0.4, -0.2) is 55.2 Å². The molecule has 2 aliphatic rings. The van der Waals surface area contributed by atoms with Crippen LogP contribution in [0, 0.1) is 0 Å². The maximum atomic E-state index is 5.97. The van der Waals surface area contributed by atoms with E-state index < -0.39 is 0 Å². The molecule has 4 nitrogen and oxygen atoms in total. The number of benzene rings is 1. The van der Waals surface area contributed by atoms with E-state index in [9.17, 15) is 0 Å². The quantitative estimate of drug-likeness (QED) is 0.874. The van der Waals surface area contributed by atoms with E-state index in [1.807, 2.05) is 0 Å². The molecule has 4 heteroatoms. The highest BCUT2D eigenvalue weighted by atomic mass is 16.5. The number of likely N-dealkylation sites (tertiary alicyclic amines) is 2. The number of piperidine rings is 1. The van der Waals surface area contributed by atoms with Crippen molar-refractivity contribution in [3.63, 3.8) is 0 Å². The Labute approximate surface area is 134 Å². The Morgan fingerprint density at radius 1 is 1.05 bits per heavy atom. The van der Waals surface area contributed by atoms with Crippen molar-refractivity contribution in [1.29, 1.82) is 0 Å². The highest BCUT2D eigenvalue weighted by molar-refractivity contribution is 5.28. The molecular weight excluding hydrogens is 274 g/mol. The second-order valence-corrected chi connectivity index (χ2v) is 6.66. The first-order valence-corrected chi connectivity index (χ1v) is 8.71. The maximum absolute atomic E-state index is 5.97. The van der Waals surface area contributed by atoms with Gasteiger partial charge in [0.15, 0.2) is 0 Å². The van der Waals surface area contributed by atoms with Gasteiger partial charge < -0.3 is 10.5 Å². The number of hydrogen-bond acceptors (Lipinski definition) is 4. The van der Waals surface area contributed by atoms with Crippen LogP contribution in [0.5, 0.6) is 5.75 Å². The van der Waals surface area contributed by atoms with Gasteiger partial charge in [0.2, 0.25) is 0 Å². The van der Waals surface area contributed by atoms with Crippen molar-refractivity contribution in [3.05, 3.63) is 29.8 Å². The van der Waals surface area contributed by atoms with Crippen LogP contribution in [0.2, 0.25) is 0 Å². The molecule has 0 spiro atoms. The molecular formula is C18H29N3O. The van der Waals surface area contributed by atoms with E-state index in [0.29, 0.717) is 6.04 Å². The molecule has 2 aliphatic heterocycles. The van der Waals surface area contributed by atoms with Gasteiger partial charge in [0.05, 0.1) is 0 Å². The third-order valence-electron chi connectivity index (χ3n) is 4.81. The summed E-state index contributed by atoms with van der Waals surface area (Å²) >= 11 is 0. The Kier molecular flexibility index (Phi) is 5.70. The minimum Gasteiger partial charge on any atom is -0.492 e. The molecule has 2 heterocycles. The fourth-order valence-corrected chi connectivity index (χ4v) is 3.40. The second kappa shape index (κ2) is 7.95. The Bertz CT molecular complexity index is 451. The van der Waals surface area contributed by atoms with Gasteiger partial charge in [-0.25, -0.2) is 0 Å². The summed E-state index contributed by atoms with van der Waals surface area (Å²) in [4.78, 5) is 4.98. The van der Waals surface area contributed by atoms with Crippen LogP contribution < -0.4 is 10.5 Å². The zero-order valence-corrected chi connectivity index (χ0v) is 13.5. The summed E-state index contributed by atoms with van der Waals surface area (Å²) in [6, 6.07) is 8.97. The Balaban J connectivity index is 1.44. The Hall–Kier alpha value is -1.10. The van der Waals surface area contributed by atoms with Crippen LogP contribution in [-0.2, 0) is 6.54 Å². The topological polar surface area (TPSA) is 41.7 Å². The van der Waals surface area contributed by atoms with Crippen molar-refractivity contribution in [3.8, 4) is 5.75 Å². The van der Waals surface area contributed by atoms with Crippen molar-refractivity contribution in [1.82, 2.24) is 9.80 Å². The highest BCUT2D eigenvalue weighted by Gasteiger charge is 2.16. The van der Waals surface area contributed by atoms with E-state index in [-0.39, 0.29) is 0 Å². The average Bonchev–Trinajstić information content (AvgIpc) is 3.03. The number of hydrogen-bond donors (Lipinski definition) is 1. The number of nitrogens with two attached hydrogens (primary N) is 1. The summed E-state index contributed by atoms with van der Waals surface area (Å²) in [5, 5.41) is 0. The monoisotopic (exact) mass is 303 g/mol. The summed E-state index contributed by atoms with van der Waals surface area (Å²) in [5.74, 6) is 1.01. The smallest absolute Gasteiger partial charge is 0.119 e. The SMILES string of the molecule is NC1CCN(Cc2cccc(OCCN3CCCC3)c2)CC1. The van der Waals surface area contributed by atoms with Crippen molar-refractivity contribution >= 4 is 0 Å². The first kappa shape index (κ1) is 15.8. The van der Waals surface area contributed by atoms with Crippen molar-refractivity contribution in [2.75, 3.05) is 39.3 Å². The molecule has 0 saturated carbocycles. The van der Waals surface area contributed by atoms with Crippen molar-refractivity contribution < 1.29 is 4.74 Å². The lowest BCUT2D eigenvalue weighted by molar-refractivity contribution is 0.205. The molecule has 0 bridgehead atoms. The van der Waals surface area contributed by atoms with E-state index in [1.54, 1.807) is 0 Å². The van der Waals surface area contributed by atoms with Gasteiger partial charge in [0, 0.05) is 19.1 Å². The number of ether oxygens (including phenoxy) is 1. The lowest BCUT2D eigenvalue weighted by Gasteiger charge is -2.30. The lowest BCUT2D eigenvalue weighted by Crippen LogP contribution is -2.39. The zero-order valence-electron chi connectivity index (χ0n) is 13.5. The third-order valence-corrected chi connectivity index (χ3v) is 4.81. The average molecular weight is 303 g/mol.